The van der Waals surface area contributed by atoms with Crippen LogP contribution in [0.4, 0.5) is 5.82 Å². The molecule has 114 valence electrons. The summed E-state index contributed by atoms with van der Waals surface area (Å²) in [5.74, 6) is -0.287. The van der Waals surface area contributed by atoms with Gasteiger partial charge in [0.15, 0.2) is 17.6 Å². The van der Waals surface area contributed by atoms with E-state index in [2.05, 4.69) is 16.9 Å². The number of nitrogens with two attached hydrogens (primary N) is 1. The van der Waals surface area contributed by atoms with E-state index in [1.54, 1.807) is 11.8 Å². The minimum absolute atomic E-state index is 0.00561. The van der Waals surface area contributed by atoms with Crippen molar-refractivity contribution in [3.05, 3.63) is 18.1 Å². The predicted molar refractivity (Wildman–Crippen MR) is 76.3 cm³/mol. The Hall–Kier alpha value is -2.18. The van der Waals surface area contributed by atoms with E-state index in [-0.39, 0.29) is 17.4 Å². The minimum Gasteiger partial charge on any atom is -0.448 e. The Bertz CT molecular complexity index is 527. The highest BCUT2D eigenvalue weighted by molar-refractivity contribution is 5.94. The number of piperidine rings is 1. The van der Waals surface area contributed by atoms with Crippen LogP contribution >= 0.6 is 0 Å². The average molecular weight is 292 g/mol. The first-order valence-corrected chi connectivity index (χ1v) is 7.05. The molecule has 1 aromatic heterocycles. The number of hydrogen-bond donors (Lipinski definition) is 1. The monoisotopic (exact) mass is 292 g/mol. The Morgan fingerprint density at radius 3 is 2.57 bits per heavy atom. The van der Waals surface area contributed by atoms with E-state index in [1.165, 1.54) is 12.4 Å². The van der Waals surface area contributed by atoms with E-state index in [4.69, 9.17) is 10.5 Å². The molecule has 21 heavy (non-hydrogen) atoms. The molecule has 0 aromatic carbocycles. The van der Waals surface area contributed by atoms with Gasteiger partial charge in [-0.1, -0.05) is 6.92 Å². The van der Waals surface area contributed by atoms with Crippen molar-refractivity contribution in [2.24, 2.45) is 5.92 Å². The van der Waals surface area contributed by atoms with Gasteiger partial charge in [0, 0.05) is 25.5 Å². The highest BCUT2D eigenvalue weighted by Gasteiger charge is 2.28. The predicted octanol–water partition coefficient (Wildman–Crippen LogP) is 0.863. The van der Waals surface area contributed by atoms with Gasteiger partial charge in [0.05, 0.1) is 0 Å². The van der Waals surface area contributed by atoms with Crippen molar-refractivity contribution in [3.8, 4) is 0 Å². The lowest BCUT2D eigenvalue weighted by molar-refractivity contribution is -0.141. The molecule has 1 fully saturated rings. The molecule has 7 heteroatoms. The fourth-order valence-electron chi connectivity index (χ4n) is 2.26. The lowest BCUT2D eigenvalue weighted by Crippen LogP contribution is -2.44. The number of likely N-dealkylation sites (tertiary alicyclic amines) is 1. The fourth-order valence-corrected chi connectivity index (χ4v) is 2.26. The van der Waals surface area contributed by atoms with Crippen LogP contribution in [-0.2, 0) is 9.53 Å². The zero-order valence-corrected chi connectivity index (χ0v) is 12.3. The average Bonchev–Trinajstić information content (AvgIpc) is 2.47. The van der Waals surface area contributed by atoms with E-state index in [9.17, 15) is 9.59 Å². The highest BCUT2D eigenvalue weighted by atomic mass is 16.5. The van der Waals surface area contributed by atoms with Gasteiger partial charge in [-0.05, 0) is 25.7 Å². The second kappa shape index (κ2) is 6.51. The molecule has 0 saturated carbocycles. The molecule has 0 unspecified atom stereocenters. The summed E-state index contributed by atoms with van der Waals surface area (Å²) in [6.07, 6.45) is 3.83. The number of amides is 1. The van der Waals surface area contributed by atoms with Crippen molar-refractivity contribution in [1.29, 1.82) is 0 Å². The van der Waals surface area contributed by atoms with Crippen LogP contribution < -0.4 is 5.73 Å². The van der Waals surface area contributed by atoms with Crippen LogP contribution in [0.1, 0.15) is 37.2 Å². The summed E-state index contributed by atoms with van der Waals surface area (Å²) in [7, 11) is 0. The zero-order valence-electron chi connectivity index (χ0n) is 12.3. The van der Waals surface area contributed by atoms with E-state index in [0.29, 0.717) is 19.0 Å². The summed E-state index contributed by atoms with van der Waals surface area (Å²) in [6, 6.07) is 0. The highest BCUT2D eigenvalue weighted by Crippen LogP contribution is 2.17. The normalized spacial score (nSPS) is 17.3. The van der Waals surface area contributed by atoms with Crippen LogP contribution in [0.25, 0.3) is 0 Å². The Morgan fingerprint density at radius 2 is 1.95 bits per heavy atom. The zero-order chi connectivity index (χ0) is 15.4. The maximum absolute atomic E-state index is 12.2. The van der Waals surface area contributed by atoms with Crippen molar-refractivity contribution in [2.45, 2.75) is 32.8 Å². The number of carbonyl (C=O) groups is 2. The summed E-state index contributed by atoms with van der Waals surface area (Å²) >= 11 is 0. The number of hydrogen-bond acceptors (Lipinski definition) is 6. The van der Waals surface area contributed by atoms with Gasteiger partial charge in [-0.15, -0.1) is 0 Å². The second-order valence-corrected chi connectivity index (χ2v) is 5.35. The maximum atomic E-state index is 12.2. The number of aromatic nitrogens is 2. The van der Waals surface area contributed by atoms with Gasteiger partial charge >= 0.3 is 5.97 Å². The lowest BCUT2D eigenvalue weighted by Gasteiger charge is -2.31. The Morgan fingerprint density at radius 1 is 1.33 bits per heavy atom. The van der Waals surface area contributed by atoms with Crippen LogP contribution in [-0.4, -0.2) is 45.9 Å². The van der Waals surface area contributed by atoms with Crippen LogP contribution in [0.3, 0.4) is 0 Å². The molecule has 2 heterocycles. The smallest absolute Gasteiger partial charge is 0.361 e. The number of esters is 1. The van der Waals surface area contributed by atoms with E-state index in [0.717, 1.165) is 12.8 Å². The number of anilines is 1. The number of ether oxygens (including phenoxy) is 1. The van der Waals surface area contributed by atoms with Crippen LogP contribution in [0, 0.1) is 5.92 Å². The molecule has 2 rings (SSSR count). The Labute approximate surface area is 123 Å². The van der Waals surface area contributed by atoms with Crippen LogP contribution in [0.5, 0.6) is 0 Å². The summed E-state index contributed by atoms with van der Waals surface area (Å²) in [6.45, 7) is 5.14. The summed E-state index contributed by atoms with van der Waals surface area (Å²) in [5, 5.41) is 0. The number of rotatable bonds is 3. The second-order valence-electron chi connectivity index (χ2n) is 5.35. The third-order valence-electron chi connectivity index (χ3n) is 3.65. The van der Waals surface area contributed by atoms with Gasteiger partial charge in [-0.25, -0.2) is 14.8 Å². The maximum Gasteiger partial charge on any atom is 0.361 e. The summed E-state index contributed by atoms with van der Waals surface area (Å²) < 4.78 is 5.15. The van der Waals surface area contributed by atoms with Crippen molar-refractivity contribution in [2.75, 3.05) is 18.8 Å². The summed E-state index contributed by atoms with van der Waals surface area (Å²) in [5.41, 5.74) is 5.50. The van der Waals surface area contributed by atoms with Gasteiger partial charge in [0.2, 0.25) is 0 Å². The van der Waals surface area contributed by atoms with Gasteiger partial charge in [-0.3, -0.25) is 4.79 Å². The third kappa shape index (κ3) is 3.68. The molecule has 1 aromatic rings. The van der Waals surface area contributed by atoms with Crippen LogP contribution in [0.15, 0.2) is 12.4 Å². The fraction of sp³-hybridized carbons (Fsp3) is 0.571. The van der Waals surface area contributed by atoms with E-state index < -0.39 is 12.1 Å². The molecule has 1 saturated heterocycles. The molecule has 1 aliphatic heterocycles. The first-order chi connectivity index (χ1) is 9.99. The van der Waals surface area contributed by atoms with Gasteiger partial charge in [0.1, 0.15) is 0 Å². The molecule has 7 nitrogen and oxygen atoms in total. The summed E-state index contributed by atoms with van der Waals surface area (Å²) in [4.78, 5) is 33.5. The Balaban J connectivity index is 1.95. The van der Waals surface area contributed by atoms with Crippen LogP contribution in [0.2, 0.25) is 0 Å². The van der Waals surface area contributed by atoms with E-state index >= 15 is 0 Å². The molecule has 0 aliphatic carbocycles. The molecular formula is C14H20N4O3. The third-order valence-corrected chi connectivity index (χ3v) is 3.65. The molecule has 0 spiro atoms. The Kier molecular flexibility index (Phi) is 4.72. The first-order valence-electron chi connectivity index (χ1n) is 7.05. The number of nitrogen functional groups attached to an aromatic ring is 1. The molecule has 1 atom stereocenters. The molecule has 2 N–H and O–H groups in total. The number of nitrogens with zero attached hydrogens (tertiary/aromatic N) is 3. The van der Waals surface area contributed by atoms with Crippen molar-refractivity contribution in [1.82, 2.24) is 14.9 Å². The van der Waals surface area contributed by atoms with E-state index in [1.807, 2.05) is 0 Å². The largest absolute Gasteiger partial charge is 0.448 e. The standard InChI is InChI=1S/C14H20N4O3/c1-9-3-7-18(8-4-9)13(19)10(2)21-14(20)11-12(15)17-6-5-16-11/h5-6,9-10H,3-4,7-8H2,1-2H3,(H2,15,17)/t10-/m0/s1. The van der Waals surface area contributed by atoms with Gasteiger partial charge < -0.3 is 15.4 Å². The van der Waals surface area contributed by atoms with Crippen molar-refractivity contribution < 1.29 is 14.3 Å². The molecule has 1 aliphatic rings. The molecule has 0 bridgehead atoms. The minimum atomic E-state index is -0.854. The van der Waals surface area contributed by atoms with Gasteiger partial charge in [0.25, 0.3) is 5.91 Å². The van der Waals surface area contributed by atoms with Gasteiger partial charge in [-0.2, -0.15) is 0 Å². The van der Waals surface area contributed by atoms with Crippen molar-refractivity contribution in [3.63, 3.8) is 0 Å². The molecule has 1 amide bonds. The topological polar surface area (TPSA) is 98.4 Å². The van der Waals surface area contributed by atoms with Crippen molar-refractivity contribution >= 4 is 17.7 Å². The quantitative estimate of drug-likeness (QED) is 0.830. The SMILES string of the molecule is CC1CCN(C(=O)[C@H](C)OC(=O)c2nccnc2N)CC1. The number of carbonyl (C=O) groups excluding carboxylic acids is 2. The first kappa shape index (κ1) is 15.2. The molecular weight excluding hydrogens is 272 g/mol. The molecule has 0 radical (unpaired) electrons. The lowest BCUT2D eigenvalue weighted by atomic mass is 9.99.